The zero-order chi connectivity index (χ0) is 15.0. The van der Waals surface area contributed by atoms with Crippen molar-refractivity contribution >= 4 is 38.9 Å². The van der Waals surface area contributed by atoms with E-state index in [0.717, 1.165) is 14.7 Å². The minimum Gasteiger partial charge on any atom is -0.323 e. The molecule has 0 radical (unpaired) electrons. The van der Waals surface area contributed by atoms with Crippen LogP contribution in [0.5, 0.6) is 0 Å². The lowest BCUT2D eigenvalue weighted by Gasteiger charge is -2.66. The molecule has 116 valence electrons. The fourth-order valence-corrected chi connectivity index (χ4v) is 8.58. The summed E-state index contributed by atoms with van der Waals surface area (Å²) in [5, 5.41) is 0. The first-order valence-electron chi connectivity index (χ1n) is 7.93. The van der Waals surface area contributed by atoms with E-state index in [-0.39, 0.29) is 6.04 Å². The molecule has 1 heterocycles. The van der Waals surface area contributed by atoms with E-state index in [1.54, 1.807) is 11.3 Å². The van der Waals surface area contributed by atoms with Gasteiger partial charge in [-0.3, -0.25) is 0 Å². The lowest BCUT2D eigenvalue weighted by Crippen LogP contribution is -2.57. The van der Waals surface area contributed by atoms with Crippen LogP contribution < -0.4 is 5.73 Å². The number of hydrogen-bond acceptors (Lipinski definition) is 2. The second-order valence-electron chi connectivity index (χ2n) is 8.74. The number of halogens is 2. The molecular weight excluding hydrogens is 366 g/mol. The second kappa shape index (κ2) is 4.49. The van der Waals surface area contributed by atoms with Gasteiger partial charge in [0, 0.05) is 15.4 Å². The summed E-state index contributed by atoms with van der Waals surface area (Å²) in [6, 6.07) is 2.30. The van der Waals surface area contributed by atoms with Crippen LogP contribution >= 0.6 is 38.9 Å². The normalized spacial score (nSPS) is 46.0. The largest absolute Gasteiger partial charge is 0.323 e. The maximum Gasteiger partial charge on any atom is 0.107 e. The monoisotopic (exact) mass is 387 g/mol. The van der Waals surface area contributed by atoms with Crippen LogP contribution in [0.2, 0.25) is 4.34 Å². The molecule has 0 amide bonds. The molecule has 0 spiro atoms. The predicted molar refractivity (Wildman–Crippen MR) is 93.8 cm³/mol. The molecule has 0 aromatic carbocycles. The third kappa shape index (κ3) is 2.26. The summed E-state index contributed by atoms with van der Waals surface area (Å²) < 4.78 is 1.84. The van der Waals surface area contributed by atoms with Gasteiger partial charge in [0.2, 0.25) is 0 Å². The molecule has 2 N–H and O–H groups in total. The topological polar surface area (TPSA) is 26.0 Å². The van der Waals surface area contributed by atoms with Crippen LogP contribution in [0.25, 0.3) is 0 Å². The third-order valence-electron chi connectivity index (χ3n) is 6.30. The van der Waals surface area contributed by atoms with Gasteiger partial charge in [0.15, 0.2) is 0 Å². The SMILES string of the molecule is CC12CC3CC(C)(C1)CC(C(N)c1cc(Br)c(Cl)s1)(C3)C2. The van der Waals surface area contributed by atoms with Gasteiger partial charge < -0.3 is 5.73 Å². The second-order valence-corrected chi connectivity index (χ2v) is 11.3. The van der Waals surface area contributed by atoms with Crippen molar-refractivity contribution in [2.24, 2.45) is 27.9 Å². The summed E-state index contributed by atoms with van der Waals surface area (Å²) in [4.78, 5) is 1.26. The average Bonchev–Trinajstić information content (AvgIpc) is 2.64. The van der Waals surface area contributed by atoms with E-state index < -0.39 is 0 Å². The molecule has 0 aliphatic heterocycles. The minimum atomic E-state index is 0.147. The van der Waals surface area contributed by atoms with Gasteiger partial charge in [0.25, 0.3) is 0 Å². The van der Waals surface area contributed by atoms with Gasteiger partial charge in [-0.1, -0.05) is 25.4 Å². The van der Waals surface area contributed by atoms with Crippen molar-refractivity contribution in [2.45, 2.75) is 58.4 Å². The Morgan fingerprint density at radius 1 is 1.24 bits per heavy atom. The van der Waals surface area contributed by atoms with Crippen LogP contribution in [0.1, 0.15) is 63.3 Å². The molecular formula is C17H23BrClNS. The molecule has 1 aromatic heterocycles. The van der Waals surface area contributed by atoms with Gasteiger partial charge >= 0.3 is 0 Å². The highest BCUT2D eigenvalue weighted by Crippen LogP contribution is 2.72. The lowest BCUT2D eigenvalue weighted by atomic mass is 9.39. The molecule has 3 atom stereocenters. The van der Waals surface area contributed by atoms with Crippen molar-refractivity contribution in [3.05, 3.63) is 19.8 Å². The standard InChI is InChI=1S/C17H23BrClNS/c1-15-4-10-5-16(2,7-15)9-17(6-10,8-15)13(20)12-3-11(18)14(19)21-12/h3,10,13H,4-9,20H2,1-2H3. The van der Waals surface area contributed by atoms with Crippen molar-refractivity contribution in [1.29, 1.82) is 0 Å². The Morgan fingerprint density at radius 2 is 1.86 bits per heavy atom. The van der Waals surface area contributed by atoms with Crippen LogP contribution in [0, 0.1) is 22.2 Å². The molecule has 5 rings (SSSR count). The Morgan fingerprint density at radius 3 is 2.33 bits per heavy atom. The predicted octanol–water partition coefficient (Wildman–Crippen LogP) is 6.16. The van der Waals surface area contributed by atoms with E-state index in [2.05, 4.69) is 35.8 Å². The van der Waals surface area contributed by atoms with Gasteiger partial charge in [0.05, 0.1) is 0 Å². The molecule has 0 saturated heterocycles. The Bertz CT molecular complexity index is 560. The van der Waals surface area contributed by atoms with E-state index in [4.69, 9.17) is 17.3 Å². The zero-order valence-electron chi connectivity index (χ0n) is 12.7. The first-order chi connectivity index (χ1) is 9.73. The Hall–Kier alpha value is 0.430. The molecule has 4 heteroatoms. The number of nitrogens with two attached hydrogens (primary N) is 1. The molecule has 21 heavy (non-hydrogen) atoms. The van der Waals surface area contributed by atoms with Crippen LogP contribution in [0.3, 0.4) is 0 Å². The van der Waals surface area contributed by atoms with Crippen molar-refractivity contribution in [3.63, 3.8) is 0 Å². The molecule has 1 nitrogen and oxygen atoms in total. The van der Waals surface area contributed by atoms with Crippen molar-refractivity contribution in [1.82, 2.24) is 0 Å². The summed E-state index contributed by atoms with van der Waals surface area (Å²) in [5.41, 5.74) is 8.16. The van der Waals surface area contributed by atoms with Crippen molar-refractivity contribution in [2.75, 3.05) is 0 Å². The first kappa shape index (κ1) is 15.0. The zero-order valence-corrected chi connectivity index (χ0v) is 15.9. The van der Waals surface area contributed by atoms with Gasteiger partial charge in [-0.15, -0.1) is 11.3 Å². The van der Waals surface area contributed by atoms with E-state index in [1.165, 1.54) is 43.4 Å². The molecule has 4 saturated carbocycles. The summed E-state index contributed by atoms with van der Waals surface area (Å²) in [7, 11) is 0. The fraction of sp³-hybridized carbons (Fsp3) is 0.765. The quantitative estimate of drug-likeness (QED) is 0.645. The fourth-order valence-electron chi connectivity index (χ4n) is 6.70. The van der Waals surface area contributed by atoms with Gasteiger partial charge in [-0.25, -0.2) is 0 Å². The third-order valence-corrected chi connectivity index (χ3v) is 8.86. The lowest BCUT2D eigenvalue weighted by molar-refractivity contribution is -0.154. The van der Waals surface area contributed by atoms with E-state index in [1.807, 2.05) is 0 Å². The van der Waals surface area contributed by atoms with E-state index >= 15 is 0 Å². The highest BCUT2D eigenvalue weighted by Gasteiger charge is 2.61. The molecule has 3 unspecified atom stereocenters. The van der Waals surface area contributed by atoms with Crippen LogP contribution in [-0.2, 0) is 0 Å². The van der Waals surface area contributed by atoms with Gasteiger partial charge in [0.1, 0.15) is 4.34 Å². The molecule has 4 fully saturated rings. The van der Waals surface area contributed by atoms with Gasteiger partial charge in [-0.2, -0.15) is 0 Å². The number of rotatable bonds is 2. The highest BCUT2D eigenvalue weighted by molar-refractivity contribution is 9.10. The molecule has 4 bridgehead atoms. The molecule has 4 aliphatic rings. The van der Waals surface area contributed by atoms with Crippen LogP contribution in [0.4, 0.5) is 0 Å². The minimum absolute atomic E-state index is 0.147. The van der Waals surface area contributed by atoms with Crippen LogP contribution in [-0.4, -0.2) is 0 Å². The smallest absolute Gasteiger partial charge is 0.107 e. The van der Waals surface area contributed by atoms with E-state index in [9.17, 15) is 0 Å². The summed E-state index contributed by atoms with van der Waals surface area (Å²) in [6.07, 6.45) is 8.19. The molecule has 1 aromatic rings. The van der Waals surface area contributed by atoms with Crippen molar-refractivity contribution in [3.8, 4) is 0 Å². The van der Waals surface area contributed by atoms with E-state index in [0.29, 0.717) is 16.2 Å². The molecule has 4 aliphatic carbocycles. The average molecular weight is 389 g/mol. The summed E-state index contributed by atoms with van der Waals surface area (Å²) in [6.45, 7) is 5.02. The summed E-state index contributed by atoms with van der Waals surface area (Å²) >= 11 is 11.5. The van der Waals surface area contributed by atoms with Gasteiger partial charge in [-0.05, 0) is 82.7 Å². The summed E-state index contributed by atoms with van der Waals surface area (Å²) in [5.74, 6) is 0.890. The Labute approximate surface area is 144 Å². The number of thiophene rings is 1. The highest BCUT2D eigenvalue weighted by atomic mass is 79.9. The van der Waals surface area contributed by atoms with Crippen molar-refractivity contribution < 1.29 is 0 Å². The number of hydrogen-bond donors (Lipinski definition) is 1. The first-order valence-corrected chi connectivity index (χ1v) is 9.92. The maximum absolute atomic E-state index is 6.83. The Balaban J connectivity index is 1.73. The van der Waals surface area contributed by atoms with Crippen LogP contribution in [0.15, 0.2) is 10.5 Å². The maximum atomic E-state index is 6.83. The Kier molecular flexibility index (Phi) is 3.21.